The van der Waals surface area contributed by atoms with Crippen LogP contribution in [0.25, 0.3) is 0 Å². The van der Waals surface area contributed by atoms with Crippen molar-refractivity contribution in [2.75, 3.05) is 45.7 Å². The highest BCUT2D eigenvalue weighted by atomic mass is 35.5. The average molecular weight is 300 g/mol. The summed E-state index contributed by atoms with van der Waals surface area (Å²) >= 11 is 11.4. The molecule has 0 amide bonds. The topological polar surface area (TPSA) is 27.7 Å². The van der Waals surface area contributed by atoms with Crippen LogP contribution in [-0.2, 0) is 0 Å². The van der Waals surface area contributed by atoms with E-state index in [0.29, 0.717) is 10.1 Å². The van der Waals surface area contributed by atoms with Crippen LogP contribution in [0.15, 0.2) is 18.2 Å². The van der Waals surface area contributed by atoms with E-state index in [0.717, 1.165) is 37.6 Å². The number of piperazine rings is 1. The van der Waals surface area contributed by atoms with Crippen LogP contribution >= 0.6 is 23.8 Å². The van der Waals surface area contributed by atoms with Gasteiger partial charge in [0.05, 0.1) is 12.8 Å². The van der Waals surface area contributed by atoms with Gasteiger partial charge in [0.25, 0.3) is 0 Å². The van der Waals surface area contributed by atoms with Crippen molar-refractivity contribution in [2.45, 2.75) is 0 Å². The highest BCUT2D eigenvalue weighted by molar-refractivity contribution is 7.80. The third-order valence-electron chi connectivity index (χ3n) is 3.19. The molecule has 2 rings (SSSR count). The second-order valence-electron chi connectivity index (χ2n) is 4.57. The molecule has 1 aromatic rings. The lowest BCUT2D eigenvalue weighted by Crippen LogP contribution is -2.48. The van der Waals surface area contributed by atoms with Gasteiger partial charge in [0.2, 0.25) is 0 Å². The number of likely N-dealkylation sites (N-methyl/N-ethyl adjacent to an activating group) is 1. The molecule has 1 N–H and O–H groups in total. The molecule has 4 nitrogen and oxygen atoms in total. The van der Waals surface area contributed by atoms with Gasteiger partial charge < -0.3 is 19.9 Å². The fourth-order valence-electron chi connectivity index (χ4n) is 1.98. The lowest BCUT2D eigenvalue weighted by atomic mass is 10.3. The molecule has 1 aliphatic heterocycles. The highest BCUT2D eigenvalue weighted by Crippen LogP contribution is 2.28. The molecule has 1 aliphatic rings. The minimum Gasteiger partial charge on any atom is -0.495 e. The van der Waals surface area contributed by atoms with Gasteiger partial charge in [0, 0.05) is 31.2 Å². The molecule has 0 saturated carbocycles. The van der Waals surface area contributed by atoms with E-state index >= 15 is 0 Å². The van der Waals surface area contributed by atoms with Crippen LogP contribution in [0.1, 0.15) is 0 Å². The molecule has 1 heterocycles. The van der Waals surface area contributed by atoms with Crippen molar-refractivity contribution >= 4 is 34.6 Å². The van der Waals surface area contributed by atoms with Crippen molar-refractivity contribution in [3.8, 4) is 5.75 Å². The van der Waals surface area contributed by atoms with Gasteiger partial charge in [-0.25, -0.2) is 0 Å². The lowest BCUT2D eigenvalue weighted by molar-refractivity contribution is 0.217. The maximum absolute atomic E-state index is 6.00. The molecule has 1 saturated heterocycles. The van der Waals surface area contributed by atoms with Crippen LogP contribution in [0.4, 0.5) is 5.69 Å². The van der Waals surface area contributed by atoms with Gasteiger partial charge in [0.15, 0.2) is 5.11 Å². The second kappa shape index (κ2) is 6.41. The molecule has 104 valence electrons. The zero-order valence-electron chi connectivity index (χ0n) is 11.1. The average Bonchev–Trinajstić information content (AvgIpc) is 2.39. The smallest absolute Gasteiger partial charge is 0.173 e. The van der Waals surface area contributed by atoms with Gasteiger partial charge in [-0.05, 0) is 37.5 Å². The van der Waals surface area contributed by atoms with Crippen LogP contribution in [0, 0.1) is 0 Å². The number of nitrogens with zero attached hydrogens (tertiary/aromatic N) is 2. The van der Waals surface area contributed by atoms with E-state index in [-0.39, 0.29) is 0 Å². The maximum atomic E-state index is 6.00. The van der Waals surface area contributed by atoms with E-state index in [1.54, 1.807) is 13.2 Å². The van der Waals surface area contributed by atoms with Gasteiger partial charge >= 0.3 is 0 Å². The first-order chi connectivity index (χ1) is 9.10. The SMILES string of the molecule is COc1ccc(Cl)cc1NC(=S)N1CCN(C)CC1. The maximum Gasteiger partial charge on any atom is 0.173 e. The molecule has 0 aromatic heterocycles. The number of thiocarbonyl (C=S) groups is 1. The van der Waals surface area contributed by atoms with E-state index in [9.17, 15) is 0 Å². The summed E-state index contributed by atoms with van der Waals surface area (Å²) in [5.74, 6) is 0.737. The quantitative estimate of drug-likeness (QED) is 0.846. The second-order valence-corrected chi connectivity index (χ2v) is 5.39. The van der Waals surface area contributed by atoms with Crippen LogP contribution in [0.3, 0.4) is 0 Å². The van der Waals surface area contributed by atoms with Crippen LogP contribution in [0.2, 0.25) is 5.02 Å². The van der Waals surface area contributed by atoms with Crippen LogP contribution < -0.4 is 10.1 Å². The number of rotatable bonds is 2. The molecule has 19 heavy (non-hydrogen) atoms. The molecule has 0 radical (unpaired) electrons. The predicted molar refractivity (Wildman–Crippen MR) is 83.3 cm³/mol. The number of benzene rings is 1. The van der Waals surface area contributed by atoms with E-state index in [1.807, 2.05) is 12.1 Å². The standard InChI is InChI=1S/C13H18ClN3OS/c1-16-5-7-17(8-6-16)13(19)15-11-9-10(14)3-4-12(11)18-2/h3-4,9H,5-8H2,1-2H3,(H,15,19). The fourth-order valence-corrected chi connectivity index (χ4v) is 2.45. The lowest BCUT2D eigenvalue weighted by Gasteiger charge is -2.34. The van der Waals surface area contributed by atoms with Crippen LogP contribution in [0.5, 0.6) is 5.75 Å². The number of hydrogen-bond donors (Lipinski definition) is 1. The van der Waals surface area contributed by atoms with E-state index in [1.165, 1.54) is 0 Å². The molecule has 1 fully saturated rings. The van der Waals surface area contributed by atoms with Gasteiger partial charge in [-0.15, -0.1) is 0 Å². The van der Waals surface area contributed by atoms with Gasteiger partial charge in [-0.1, -0.05) is 11.6 Å². The Labute approximate surface area is 124 Å². The number of halogens is 1. The Morgan fingerprint density at radius 1 is 1.32 bits per heavy atom. The summed E-state index contributed by atoms with van der Waals surface area (Å²) in [7, 11) is 3.75. The van der Waals surface area contributed by atoms with Crippen molar-refractivity contribution < 1.29 is 4.74 Å². The van der Waals surface area contributed by atoms with E-state index in [2.05, 4.69) is 22.2 Å². The summed E-state index contributed by atoms with van der Waals surface area (Å²) in [4.78, 5) is 4.45. The summed E-state index contributed by atoms with van der Waals surface area (Å²) in [5.41, 5.74) is 0.805. The zero-order valence-corrected chi connectivity index (χ0v) is 12.7. The van der Waals surface area contributed by atoms with Crippen molar-refractivity contribution in [2.24, 2.45) is 0 Å². The fraction of sp³-hybridized carbons (Fsp3) is 0.462. The summed E-state index contributed by atoms with van der Waals surface area (Å²) in [6.45, 7) is 3.92. The normalized spacial score (nSPS) is 16.3. The summed E-state index contributed by atoms with van der Waals surface area (Å²) in [5, 5.41) is 4.59. The molecule has 1 aromatic carbocycles. The summed E-state index contributed by atoms with van der Waals surface area (Å²) in [6, 6.07) is 5.45. The minimum absolute atomic E-state index is 0.657. The minimum atomic E-state index is 0.657. The Kier molecular flexibility index (Phi) is 4.85. The first kappa shape index (κ1) is 14.4. The number of hydrogen-bond acceptors (Lipinski definition) is 3. The largest absolute Gasteiger partial charge is 0.495 e. The molecular formula is C13H18ClN3OS. The Hall–Kier alpha value is -1.04. The van der Waals surface area contributed by atoms with E-state index in [4.69, 9.17) is 28.6 Å². The van der Waals surface area contributed by atoms with Crippen molar-refractivity contribution in [1.82, 2.24) is 9.80 Å². The Morgan fingerprint density at radius 3 is 2.63 bits per heavy atom. The Balaban J connectivity index is 2.04. The molecular weight excluding hydrogens is 282 g/mol. The molecule has 6 heteroatoms. The number of anilines is 1. The first-order valence-electron chi connectivity index (χ1n) is 6.18. The molecule has 0 atom stereocenters. The van der Waals surface area contributed by atoms with Gasteiger partial charge in [-0.3, -0.25) is 0 Å². The first-order valence-corrected chi connectivity index (χ1v) is 6.97. The Bertz CT molecular complexity index is 461. The Morgan fingerprint density at radius 2 is 2.00 bits per heavy atom. The zero-order chi connectivity index (χ0) is 13.8. The summed E-state index contributed by atoms with van der Waals surface area (Å²) < 4.78 is 5.30. The number of nitrogens with one attached hydrogen (secondary N) is 1. The van der Waals surface area contributed by atoms with E-state index < -0.39 is 0 Å². The van der Waals surface area contributed by atoms with Gasteiger partial charge in [0.1, 0.15) is 5.75 Å². The van der Waals surface area contributed by atoms with Gasteiger partial charge in [-0.2, -0.15) is 0 Å². The number of methoxy groups -OCH3 is 1. The molecule has 0 aliphatic carbocycles. The third kappa shape index (κ3) is 3.72. The van der Waals surface area contributed by atoms with Crippen molar-refractivity contribution in [1.29, 1.82) is 0 Å². The van der Waals surface area contributed by atoms with Crippen molar-refractivity contribution in [3.63, 3.8) is 0 Å². The monoisotopic (exact) mass is 299 g/mol. The van der Waals surface area contributed by atoms with Crippen LogP contribution in [-0.4, -0.2) is 55.2 Å². The number of ether oxygens (including phenoxy) is 1. The third-order valence-corrected chi connectivity index (χ3v) is 3.79. The highest BCUT2D eigenvalue weighted by Gasteiger charge is 2.17. The molecule has 0 unspecified atom stereocenters. The summed E-state index contributed by atoms with van der Waals surface area (Å²) in [6.07, 6.45) is 0. The molecule has 0 bridgehead atoms. The van der Waals surface area contributed by atoms with Crippen molar-refractivity contribution in [3.05, 3.63) is 23.2 Å². The molecule has 0 spiro atoms. The predicted octanol–water partition coefficient (Wildman–Crippen LogP) is 2.29.